The Morgan fingerprint density at radius 3 is 2.71 bits per heavy atom. The van der Waals surface area contributed by atoms with Gasteiger partial charge in [0.15, 0.2) is 11.6 Å². The molecule has 11 nitrogen and oxygen atoms in total. The molecular formula is C30H39N5O6. The number of cyclic esters (lactones) is 1. The van der Waals surface area contributed by atoms with Crippen LogP contribution in [0.4, 0.5) is 0 Å². The molecular weight excluding hydrogens is 526 g/mol. The van der Waals surface area contributed by atoms with Gasteiger partial charge in [-0.25, -0.2) is 14.8 Å². The van der Waals surface area contributed by atoms with Crippen LogP contribution in [-0.4, -0.2) is 62.6 Å². The zero-order chi connectivity index (χ0) is 29.9. The topological polar surface area (TPSA) is 159 Å². The van der Waals surface area contributed by atoms with Crippen molar-refractivity contribution >= 4 is 17.8 Å². The van der Waals surface area contributed by atoms with E-state index in [1.165, 1.54) is 18.7 Å². The largest absolute Gasteiger partial charge is 0.460 e. The number of ether oxygens (including phenoxy) is 1. The highest BCUT2D eigenvalue weighted by Crippen LogP contribution is 2.20. The minimum Gasteiger partial charge on any atom is -0.460 e. The average Bonchev–Trinajstić information content (AvgIpc) is 3.59. The summed E-state index contributed by atoms with van der Waals surface area (Å²) in [6.45, 7) is 11.8. The Bertz CT molecular complexity index is 1290. The number of carbonyl (C=O) groups excluding carboxylic acids is 3. The lowest BCUT2D eigenvalue weighted by molar-refractivity contribution is -0.155. The van der Waals surface area contributed by atoms with Gasteiger partial charge in [-0.15, -0.1) is 0 Å². The monoisotopic (exact) mass is 565 g/mol. The summed E-state index contributed by atoms with van der Waals surface area (Å²) in [6.07, 6.45) is 11.9. The number of aromatic amines is 1. The Labute approximate surface area is 239 Å². The van der Waals surface area contributed by atoms with Crippen LogP contribution in [0.15, 0.2) is 71.3 Å². The fourth-order valence-corrected chi connectivity index (χ4v) is 4.42. The number of hydrogen-bond acceptors (Lipinski definition) is 8. The van der Waals surface area contributed by atoms with E-state index < -0.39 is 30.1 Å². The molecule has 0 saturated heterocycles. The maximum absolute atomic E-state index is 13.4. The third-order valence-corrected chi connectivity index (χ3v) is 6.46. The number of hydrogen-bond donors (Lipinski definition) is 4. The molecule has 3 rings (SSSR count). The predicted molar refractivity (Wildman–Crippen MR) is 152 cm³/mol. The Kier molecular flexibility index (Phi) is 11.4. The van der Waals surface area contributed by atoms with E-state index >= 15 is 0 Å². The van der Waals surface area contributed by atoms with Crippen LogP contribution in [0, 0.1) is 11.8 Å². The van der Waals surface area contributed by atoms with Crippen molar-refractivity contribution in [3.8, 4) is 0 Å². The summed E-state index contributed by atoms with van der Waals surface area (Å²) >= 11 is 0. The molecule has 2 bridgehead atoms. The van der Waals surface area contributed by atoms with Crippen molar-refractivity contribution in [2.75, 3.05) is 6.54 Å². The van der Waals surface area contributed by atoms with Crippen LogP contribution in [0.2, 0.25) is 0 Å². The normalized spacial score (nSPS) is 26.8. The SMILES string of the molecule is C=C1Cc2nc(co2)C(=O)N[C@H](Cc2cnc[nH]2)C(=O)O[C@H](C(C)C)[C@H](C)/C=C/C(=O)NC/C=C/C(C)=C/[C@@H](O)C1. The molecule has 220 valence electrons. The maximum atomic E-state index is 13.4. The molecule has 11 heteroatoms. The van der Waals surface area contributed by atoms with Crippen LogP contribution < -0.4 is 10.6 Å². The number of imidazole rings is 1. The fourth-order valence-electron chi connectivity index (χ4n) is 4.42. The number of allylic oxidation sites excluding steroid dienone is 2. The zero-order valence-corrected chi connectivity index (χ0v) is 23.9. The molecule has 0 unspecified atom stereocenters. The molecule has 2 amide bonds. The highest BCUT2D eigenvalue weighted by molar-refractivity contribution is 5.95. The van der Waals surface area contributed by atoms with Crippen LogP contribution >= 0.6 is 0 Å². The number of aliphatic hydroxyl groups is 1. The number of nitrogens with zero attached hydrogens (tertiary/aromatic N) is 2. The molecule has 0 fully saturated rings. The van der Waals surface area contributed by atoms with E-state index in [1.54, 1.807) is 30.5 Å². The summed E-state index contributed by atoms with van der Waals surface area (Å²) in [6, 6.07) is -1.04. The second-order valence-corrected chi connectivity index (χ2v) is 10.6. The average molecular weight is 566 g/mol. The fraction of sp³-hybridized carbons (Fsp3) is 0.433. The number of H-pyrrole nitrogens is 1. The van der Waals surface area contributed by atoms with Gasteiger partial charge in [0, 0.05) is 37.2 Å². The quantitative estimate of drug-likeness (QED) is 0.326. The number of oxazole rings is 1. The lowest BCUT2D eigenvalue weighted by atomic mass is 9.94. The van der Waals surface area contributed by atoms with Gasteiger partial charge in [-0.3, -0.25) is 9.59 Å². The number of carbonyl (C=O) groups is 3. The van der Waals surface area contributed by atoms with Crippen molar-refractivity contribution < 1.29 is 28.6 Å². The van der Waals surface area contributed by atoms with Gasteiger partial charge in [0.25, 0.3) is 5.91 Å². The van der Waals surface area contributed by atoms with Crippen molar-refractivity contribution in [3.05, 3.63) is 84.2 Å². The molecule has 0 aromatic carbocycles. The molecule has 0 radical (unpaired) electrons. The van der Waals surface area contributed by atoms with Crippen LogP contribution in [0.1, 0.15) is 56.2 Å². The van der Waals surface area contributed by atoms with E-state index in [2.05, 4.69) is 32.2 Å². The molecule has 2 aromatic heterocycles. The van der Waals surface area contributed by atoms with E-state index in [0.717, 1.165) is 5.57 Å². The third-order valence-electron chi connectivity index (χ3n) is 6.46. The van der Waals surface area contributed by atoms with Crippen molar-refractivity contribution in [1.82, 2.24) is 25.6 Å². The molecule has 0 aliphatic carbocycles. The summed E-state index contributed by atoms with van der Waals surface area (Å²) < 4.78 is 11.4. The van der Waals surface area contributed by atoms with Crippen LogP contribution in [0.25, 0.3) is 0 Å². The summed E-state index contributed by atoms with van der Waals surface area (Å²) in [5, 5.41) is 15.9. The summed E-state index contributed by atoms with van der Waals surface area (Å²) in [5.41, 5.74) is 2.11. The molecule has 0 saturated carbocycles. The first-order valence-electron chi connectivity index (χ1n) is 13.6. The van der Waals surface area contributed by atoms with Crippen LogP contribution in [-0.2, 0) is 27.2 Å². The molecule has 4 N–H and O–H groups in total. The smallest absolute Gasteiger partial charge is 0.329 e. The highest BCUT2D eigenvalue weighted by atomic mass is 16.5. The Morgan fingerprint density at radius 2 is 2.00 bits per heavy atom. The van der Waals surface area contributed by atoms with Crippen molar-refractivity contribution in [2.45, 2.75) is 65.2 Å². The first-order valence-corrected chi connectivity index (χ1v) is 13.6. The van der Waals surface area contributed by atoms with E-state index in [9.17, 15) is 19.5 Å². The van der Waals surface area contributed by atoms with Crippen molar-refractivity contribution in [3.63, 3.8) is 0 Å². The minimum atomic E-state index is -1.04. The van der Waals surface area contributed by atoms with Gasteiger partial charge in [-0.1, -0.05) is 62.8 Å². The minimum absolute atomic E-state index is 0.00208. The molecule has 4 atom stereocenters. The van der Waals surface area contributed by atoms with Crippen molar-refractivity contribution in [2.24, 2.45) is 11.8 Å². The van der Waals surface area contributed by atoms with E-state index in [0.29, 0.717) is 17.8 Å². The third kappa shape index (κ3) is 10.0. The second kappa shape index (κ2) is 14.9. The maximum Gasteiger partial charge on any atom is 0.329 e. The van der Waals surface area contributed by atoms with Crippen LogP contribution in [0.3, 0.4) is 0 Å². The van der Waals surface area contributed by atoms with Gasteiger partial charge >= 0.3 is 5.97 Å². The Balaban J connectivity index is 1.88. The summed E-state index contributed by atoms with van der Waals surface area (Å²) in [7, 11) is 0. The number of esters is 1. The molecule has 1 aliphatic rings. The molecule has 2 aromatic rings. The Morgan fingerprint density at radius 1 is 1.22 bits per heavy atom. The number of aromatic nitrogens is 3. The van der Waals surface area contributed by atoms with E-state index in [4.69, 9.17) is 9.15 Å². The first-order chi connectivity index (χ1) is 19.5. The predicted octanol–water partition coefficient (Wildman–Crippen LogP) is 2.98. The molecule has 1 aliphatic heterocycles. The lowest BCUT2D eigenvalue weighted by Gasteiger charge is -2.28. The highest BCUT2D eigenvalue weighted by Gasteiger charge is 2.30. The van der Waals surface area contributed by atoms with Gasteiger partial charge < -0.3 is 29.9 Å². The van der Waals surface area contributed by atoms with Gasteiger partial charge in [0.2, 0.25) is 5.91 Å². The number of fused-ring (bicyclic) bond motifs is 2. The van der Waals surface area contributed by atoms with E-state index in [-0.39, 0.29) is 48.6 Å². The standard InChI is InChI=1S/C30H39N5O6/c1-18(2)28-21(5)8-9-26(37)32-10-6-7-19(3)11-23(36)12-20(4)13-27-34-25(16-40-27)29(38)35-24(30(39)41-28)14-22-15-31-17-33-22/h6-9,11,15-18,21,23-24,28,36H,4,10,12-14H2,1-3,5H3,(H,31,33)(H,32,37)(H,35,38)/b7-6+,9-8+,19-11+/t21-,23-,24-,28-/m1/s1. The van der Waals surface area contributed by atoms with Gasteiger partial charge in [-0.2, -0.15) is 0 Å². The molecule has 3 heterocycles. The van der Waals surface area contributed by atoms with Crippen molar-refractivity contribution in [1.29, 1.82) is 0 Å². The number of nitrogens with one attached hydrogen (secondary N) is 3. The summed E-state index contributed by atoms with van der Waals surface area (Å²) in [5.74, 6) is -1.63. The van der Waals surface area contributed by atoms with E-state index in [1.807, 2.05) is 27.7 Å². The molecule has 0 spiro atoms. The summed E-state index contributed by atoms with van der Waals surface area (Å²) in [4.78, 5) is 50.0. The van der Waals surface area contributed by atoms with Gasteiger partial charge in [-0.05, 0) is 25.3 Å². The number of rotatable bonds is 3. The van der Waals surface area contributed by atoms with Gasteiger partial charge in [0.05, 0.1) is 12.4 Å². The number of amides is 2. The zero-order valence-electron chi connectivity index (χ0n) is 23.9. The first kappa shape index (κ1) is 31.3. The van der Waals surface area contributed by atoms with Crippen LogP contribution in [0.5, 0.6) is 0 Å². The number of aliphatic hydroxyl groups excluding tert-OH is 1. The Hall–Kier alpha value is -4.25. The second-order valence-electron chi connectivity index (χ2n) is 10.6. The molecule has 41 heavy (non-hydrogen) atoms. The van der Waals surface area contributed by atoms with Gasteiger partial charge in [0.1, 0.15) is 18.4 Å². The lowest BCUT2D eigenvalue weighted by Crippen LogP contribution is -2.46.